The Balaban J connectivity index is 1.42. The Labute approximate surface area is 211 Å². The molecule has 2 N–H and O–H groups in total. The predicted octanol–water partition coefficient (Wildman–Crippen LogP) is -0.424. The first-order valence-electron chi connectivity index (χ1n) is 12.5. The van der Waals surface area contributed by atoms with Gasteiger partial charge in [0.2, 0.25) is 15.9 Å². The highest BCUT2D eigenvalue weighted by atomic mass is 32.2. The van der Waals surface area contributed by atoms with E-state index in [4.69, 9.17) is 14.2 Å². The van der Waals surface area contributed by atoms with Crippen molar-refractivity contribution in [3.8, 4) is 5.75 Å². The molecule has 0 radical (unpaired) electrons. The van der Waals surface area contributed by atoms with E-state index in [-0.39, 0.29) is 30.5 Å². The fourth-order valence-electron chi connectivity index (χ4n) is 5.35. The van der Waals surface area contributed by atoms with Gasteiger partial charge in [0.15, 0.2) is 0 Å². The highest BCUT2D eigenvalue weighted by Gasteiger charge is 2.41. The molecule has 0 saturated carbocycles. The van der Waals surface area contributed by atoms with Gasteiger partial charge in [-0.1, -0.05) is 12.1 Å². The van der Waals surface area contributed by atoms with E-state index >= 15 is 0 Å². The minimum Gasteiger partial charge on any atom is -0.493 e. The molecule has 2 amide bonds. The van der Waals surface area contributed by atoms with Crippen molar-refractivity contribution in [3.05, 3.63) is 29.8 Å². The van der Waals surface area contributed by atoms with Crippen molar-refractivity contribution >= 4 is 21.8 Å². The number of hydrogen-bond acceptors (Lipinski definition) is 8. The van der Waals surface area contributed by atoms with Crippen molar-refractivity contribution < 1.29 is 32.2 Å². The topological polar surface area (TPSA) is 127 Å². The molecule has 198 valence electrons. The number of rotatable bonds is 3. The van der Waals surface area contributed by atoms with Gasteiger partial charge < -0.3 is 24.4 Å². The normalized spacial score (nSPS) is 30.8. The zero-order chi connectivity index (χ0) is 25.3. The van der Waals surface area contributed by atoms with Gasteiger partial charge in [-0.3, -0.25) is 14.5 Å². The lowest BCUT2D eigenvalue weighted by Crippen LogP contribution is -2.65. The van der Waals surface area contributed by atoms with E-state index < -0.39 is 28.2 Å². The Morgan fingerprint density at radius 3 is 2.64 bits per heavy atom. The molecular weight excluding hydrogens is 488 g/mol. The average molecular weight is 523 g/mol. The number of nitrogens with one attached hydrogen (secondary N) is 2. The van der Waals surface area contributed by atoms with Crippen molar-refractivity contribution in [2.45, 2.75) is 49.6 Å². The highest BCUT2D eigenvalue weighted by molar-refractivity contribution is 7.88. The molecule has 12 heteroatoms. The number of nitrogens with zero attached hydrogens (tertiary/aromatic N) is 2. The number of fused-ring (bicyclic) bond motifs is 4. The standard InChI is InChI=1S/C24H34N4O7S/c1-36(31,32)26-19-7-6-17-8-11-34-21-5-3-2-4-18(21)24(30)28-10-9-27(16-14-33-15-16)13-20(28)23(29)25-12-22(19)35-17/h2-5,16-17,19-20,22,26H,6-15H2,1H3,(H,25,29)/t17-,19+,20-,22+/m0/s1. The first-order valence-corrected chi connectivity index (χ1v) is 14.4. The van der Waals surface area contributed by atoms with Crippen molar-refractivity contribution in [2.24, 2.45) is 0 Å². The number of para-hydroxylation sites is 1. The second kappa shape index (κ2) is 10.6. The van der Waals surface area contributed by atoms with Crippen molar-refractivity contribution in [2.75, 3.05) is 52.3 Å². The fourth-order valence-corrected chi connectivity index (χ4v) is 6.17. The Kier molecular flexibility index (Phi) is 7.49. The monoisotopic (exact) mass is 522 g/mol. The maximum Gasteiger partial charge on any atom is 0.258 e. The minimum atomic E-state index is -3.45. The summed E-state index contributed by atoms with van der Waals surface area (Å²) >= 11 is 0. The third kappa shape index (κ3) is 5.67. The van der Waals surface area contributed by atoms with Crippen LogP contribution in [0.1, 0.15) is 29.6 Å². The lowest BCUT2D eigenvalue weighted by molar-refractivity contribution is -0.133. The molecule has 4 atom stereocenters. The van der Waals surface area contributed by atoms with Gasteiger partial charge >= 0.3 is 0 Å². The van der Waals surface area contributed by atoms with Crippen LogP contribution in [0.4, 0.5) is 0 Å². The maximum atomic E-state index is 13.7. The van der Waals surface area contributed by atoms with Crippen LogP contribution in [0, 0.1) is 0 Å². The van der Waals surface area contributed by atoms with Crippen LogP contribution in [-0.4, -0.2) is 113 Å². The molecule has 4 heterocycles. The molecule has 0 aliphatic carbocycles. The number of ether oxygens (including phenoxy) is 3. The molecule has 36 heavy (non-hydrogen) atoms. The molecule has 4 aliphatic heterocycles. The first kappa shape index (κ1) is 25.4. The molecule has 1 aromatic rings. The number of amides is 2. The van der Waals surface area contributed by atoms with Crippen molar-refractivity contribution in [1.82, 2.24) is 19.8 Å². The molecule has 5 rings (SSSR count). The molecule has 0 spiro atoms. The Bertz CT molecular complexity index is 1080. The van der Waals surface area contributed by atoms with Gasteiger partial charge in [0.1, 0.15) is 11.8 Å². The summed E-state index contributed by atoms with van der Waals surface area (Å²) in [5, 5.41) is 2.97. The van der Waals surface area contributed by atoms with Gasteiger partial charge in [-0.15, -0.1) is 0 Å². The zero-order valence-electron chi connectivity index (χ0n) is 20.4. The minimum absolute atomic E-state index is 0.143. The summed E-state index contributed by atoms with van der Waals surface area (Å²) in [7, 11) is -3.45. The van der Waals surface area contributed by atoms with Gasteiger partial charge in [0.25, 0.3) is 5.91 Å². The lowest BCUT2D eigenvalue weighted by Gasteiger charge is -2.46. The van der Waals surface area contributed by atoms with Crippen LogP contribution in [0.25, 0.3) is 0 Å². The molecule has 2 bridgehead atoms. The van der Waals surface area contributed by atoms with Gasteiger partial charge in [-0.25, -0.2) is 13.1 Å². The fraction of sp³-hybridized carbons (Fsp3) is 0.667. The average Bonchev–Trinajstić information content (AvgIpc) is 2.81. The van der Waals surface area contributed by atoms with E-state index in [0.717, 1.165) is 6.26 Å². The summed E-state index contributed by atoms with van der Waals surface area (Å²) in [6.07, 6.45) is 2.30. The number of benzene rings is 1. The van der Waals surface area contributed by atoms with Crippen molar-refractivity contribution in [3.63, 3.8) is 0 Å². The molecule has 4 aliphatic rings. The number of carbonyl (C=O) groups excluding carboxylic acids is 2. The molecule has 3 saturated heterocycles. The van der Waals surface area contributed by atoms with Crippen LogP contribution < -0.4 is 14.8 Å². The zero-order valence-corrected chi connectivity index (χ0v) is 21.2. The number of hydrogen-bond donors (Lipinski definition) is 2. The van der Waals surface area contributed by atoms with Crippen LogP contribution in [0.2, 0.25) is 0 Å². The Morgan fingerprint density at radius 2 is 1.89 bits per heavy atom. The van der Waals surface area contributed by atoms with E-state index in [0.29, 0.717) is 70.0 Å². The van der Waals surface area contributed by atoms with E-state index in [1.165, 1.54) is 0 Å². The van der Waals surface area contributed by atoms with Crippen LogP contribution in [0.3, 0.4) is 0 Å². The lowest BCUT2D eigenvalue weighted by atomic mass is 9.97. The largest absolute Gasteiger partial charge is 0.493 e. The maximum absolute atomic E-state index is 13.7. The molecule has 3 fully saturated rings. The molecule has 1 aromatic carbocycles. The van der Waals surface area contributed by atoms with Crippen LogP contribution in [-0.2, 0) is 24.3 Å². The summed E-state index contributed by atoms with van der Waals surface area (Å²) < 4.78 is 44.1. The van der Waals surface area contributed by atoms with Crippen LogP contribution in [0.5, 0.6) is 5.75 Å². The second-order valence-electron chi connectivity index (χ2n) is 9.95. The smallest absolute Gasteiger partial charge is 0.258 e. The molecule has 0 unspecified atom stereocenters. The first-order chi connectivity index (χ1) is 17.3. The number of carbonyl (C=O) groups is 2. The Morgan fingerprint density at radius 1 is 1.08 bits per heavy atom. The van der Waals surface area contributed by atoms with Gasteiger partial charge in [0, 0.05) is 38.6 Å². The van der Waals surface area contributed by atoms with Gasteiger partial charge in [0.05, 0.1) is 49.9 Å². The SMILES string of the molecule is CS(=O)(=O)N[C@@H]1CC[C@H]2CCOc3ccccc3C(=O)N3CCN(C4COC4)C[C@H]3C(=O)NC[C@H]1O2. The molecule has 0 aromatic heterocycles. The Hall–Kier alpha value is -2.25. The highest BCUT2D eigenvalue weighted by Crippen LogP contribution is 2.27. The van der Waals surface area contributed by atoms with E-state index in [1.54, 1.807) is 23.1 Å². The third-order valence-corrected chi connectivity index (χ3v) is 8.12. The van der Waals surface area contributed by atoms with E-state index in [2.05, 4.69) is 14.9 Å². The second-order valence-corrected chi connectivity index (χ2v) is 11.7. The summed E-state index contributed by atoms with van der Waals surface area (Å²) in [6, 6.07) is 6.21. The summed E-state index contributed by atoms with van der Waals surface area (Å²) in [6.45, 7) is 3.20. The number of piperazine rings is 1. The van der Waals surface area contributed by atoms with Gasteiger partial charge in [-0.05, 0) is 25.0 Å². The van der Waals surface area contributed by atoms with Gasteiger partial charge in [-0.2, -0.15) is 0 Å². The molecule has 11 nitrogen and oxygen atoms in total. The summed E-state index contributed by atoms with van der Waals surface area (Å²) in [5.41, 5.74) is 0.438. The quantitative estimate of drug-likeness (QED) is 0.548. The van der Waals surface area contributed by atoms with E-state index in [1.807, 2.05) is 6.07 Å². The van der Waals surface area contributed by atoms with E-state index in [9.17, 15) is 18.0 Å². The third-order valence-electron chi connectivity index (χ3n) is 7.39. The van der Waals surface area contributed by atoms with Crippen molar-refractivity contribution in [1.29, 1.82) is 0 Å². The molecular formula is C24H34N4O7S. The van der Waals surface area contributed by atoms with Crippen LogP contribution in [0.15, 0.2) is 24.3 Å². The summed E-state index contributed by atoms with van der Waals surface area (Å²) in [4.78, 5) is 31.0. The van der Waals surface area contributed by atoms with Crippen LogP contribution >= 0.6 is 0 Å². The predicted molar refractivity (Wildman–Crippen MR) is 130 cm³/mol. The summed E-state index contributed by atoms with van der Waals surface area (Å²) in [5.74, 6) is -0.0366. The number of sulfonamides is 1.